The van der Waals surface area contributed by atoms with E-state index in [2.05, 4.69) is 21.0 Å². The second kappa shape index (κ2) is 4.80. The third kappa shape index (κ3) is 2.03. The van der Waals surface area contributed by atoms with Gasteiger partial charge in [-0.2, -0.15) is 5.10 Å². The summed E-state index contributed by atoms with van der Waals surface area (Å²) in [6.07, 6.45) is 0. The Morgan fingerprint density at radius 1 is 1.31 bits per heavy atom. The number of benzene rings is 1. The monoisotopic (exact) mass is 280 g/mol. The molecule has 0 aliphatic heterocycles. The summed E-state index contributed by atoms with van der Waals surface area (Å²) in [7, 11) is 0. The van der Waals surface area contributed by atoms with Gasteiger partial charge in [-0.25, -0.2) is 0 Å². The third-order valence-corrected chi connectivity index (χ3v) is 3.44. The number of aromatic nitrogens is 2. The molecule has 0 aliphatic rings. The highest BCUT2D eigenvalue weighted by Gasteiger charge is 2.12. The van der Waals surface area contributed by atoms with Crippen molar-refractivity contribution < 1.29 is 5.11 Å². The number of hydrogen-bond donors (Lipinski definition) is 1. The van der Waals surface area contributed by atoms with Gasteiger partial charge in [-0.15, -0.1) is 0 Å². The minimum atomic E-state index is 0.100. The average Bonchev–Trinajstić information content (AvgIpc) is 2.59. The zero-order valence-electron chi connectivity index (χ0n) is 9.02. The van der Waals surface area contributed by atoms with Gasteiger partial charge in [-0.3, -0.25) is 4.68 Å². The lowest BCUT2D eigenvalue weighted by Gasteiger charge is -1.99. The highest BCUT2D eigenvalue weighted by Crippen LogP contribution is 2.29. The van der Waals surface area contributed by atoms with Gasteiger partial charge in [-0.1, -0.05) is 30.3 Å². The summed E-state index contributed by atoms with van der Waals surface area (Å²) in [6, 6.07) is 10.0. The Balaban J connectivity index is 2.46. The molecule has 0 fully saturated rings. The summed E-state index contributed by atoms with van der Waals surface area (Å²) in [4.78, 5) is 0. The molecule has 16 heavy (non-hydrogen) atoms. The Kier molecular flexibility index (Phi) is 3.41. The van der Waals surface area contributed by atoms with E-state index < -0.39 is 0 Å². The van der Waals surface area contributed by atoms with Crippen LogP contribution in [0.1, 0.15) is 5.69 Å². The first kappa shape index (κ1) is 11.4. The zero-order valence-corrected chi connectivity index (χ0v) is 10.6. The molecular weight excluding hydrogens is 268 g/mol. The molecule has 4 heteroatoms. The summed E-state index contributed by atoms with van der Waals surface area (Å²) in [6.45, 7) is 2.61. The zero-order chi connectivity index (χ0) is 11.5. The van der Waals surface area contributed by atoms with E-state index in [9.17, 15) is 0 Å². The largest absolute Gasteiger partial charge is 0.394 e. The highest BCUT2D eigenvalue weighted by atomic mass is 79.9. The van der Waals surface area contributed by atoms with Crippen LogP contribution in [0, 0.1) is 6.92 Å². The van der Waals surface area contributed by atoms with Gasteiger partial charge in [0.15, 0.2) is 0 Å². The van der Waals surface area contributed by atoms with Crippen molar-refractivity contribution in [1.82, 2.24) is 9.78 Å². The minimum Gasteiger partial charge on any atom is -0.394 e. The van der Waals surface area contributed by atoms with E-state index in [-0.39, 0.29) is 6.61 Å². The van der Waals surface area contributed by atoms with Crippen LogP contribution >= 0.6 is 15.9 Å². The third-order valence-electron chi connectivity index (χ3n) is 2.49. The van der Waals surface area contributed by atoms with Crippen molar-refractivity contribution in [2.45, 2.75) is 13.5 Å². The fourth-order valence-corrected chi connectivity index (χ4v) is 2.13. The van der Waals surface area contributed by atoms with Gasteiger partial charge in [0.1, 0.15) is 5.69 Å². The lowest BCUT2D eigenvalue weighted by atomic mass is 10.1. The number of aliphatic hydroxyl groups is 1. The quantitative estimate of drug-likeness (QED) is 0.939. The van der Waals surface area contributed by atoms with Crippen LogP contribution in [0.4, 0.5) is 0 Å². The molecule has 0 saturated heterocycles. The van der Waals surface area contributed by atoms with Gasteiger partial charge in [0.2, 0.25) is 0 Å². The van der Waals surface area contributed by atoms with Crippen molar-refractivity contribution in [3.8, 4) is 11.3 Å². The molecule has 1 aromatic carbocycles. The van der Waals surface area contributed by atoms with Crippen LogP contribution in [0.5, 0.6) is 0 Å². The van der Waals surface area contributed by atoms with Crippen LogP contribution in [-0.4, -0.2) is 21.5 Å². The Bertz CT molecular complexity index is 479. The first-order valence-electron chi connectivity index (χ1n) is 5.13. The SMILES string of the molecule is Cc1c(Br)c(-c2ccccc2)nn1CCO. The topological polar surface area (TPSA) is 38.0 Å². The summed E-state index contributed by atoms with van der Waals surface area (Å²) < 4.78 is 2.80. The van der Waals surface area contributed by atoms with E-state index in [0.717, 1.165) is 21.4 Å². The molecule has 0 aliphatic carbocycles. The van der Waals surface area contributed by atoms with Gasteiger partial charge in [0.05, 0.1) is 23.3 Å². The maximum atomic E-state index is 8.94. The van der Waals surface area contributed by atoms with Gasteiger partial charge in [0.25, 0.3) is 0 Å². The van der Waals surface area contributed by atoms with E-state index in [1.807, 2.05) is 41.9 Å². The molecule has 1 aromatic heterocycles. The second-order valence-electron chi connectivity index (χ2n) is 3.56. The van der Waals surface area contributed by atoms with Crippen molar-refractivity contribution in [1.29, 1.82) is 0 Å². The van der Waals surface area contributed by atoms with Crippen molar-refractivity contribution in [3.63, 3.8) is 0 Å². The Hall–Kier alpha value is -1.13. The lowest BCUT2D eigenvalue weighted by Crippen LogP contribution is -2.05. The maximum Gasteiger partial charge on any atom is 0.107 e. The predicted molar refractivity (Wildman–Crippen MR) is 67.2 cm³/mol. The standard InChI is InChI=1S/C12H13BrN2O/c1-9-11(13)12(14-15(9)7-8-16)10-5-3-2-4-6-10/h2-6,16H,7-8H2,1H3. The van der Waals surface area contributed by atoms with Crippen molar-refractivity contribution in [2.75, 3.05) is 6.61 Å². The summed E-state index contributed by atoms with van der Waals surface area (Å²) in [5.74, 6) is 0. The molecule has 84 valence electrons. The number of rotatable bonds is 3. The predicted octanol–water partition coefficient (Wildman–Crippen LogP) is 2.61. The van der Waals surface area contributed by atoms with Crippen LogP contribution in [0.2, 0.25) is 0 Å². The normalized spacial score (nSPS) is 10.7. The Morgan fingerprint density at radius 2 is 2.00 bits per heavy atom. The van der Waals surface area contributed by atoms with E-state index in [1.54, 1.807) is 0 Å². The molecule has 1 N–H and O–H groups in total. The molecule has 0 saturated carbocycles. The van der Waals surface area contributed by atoms with Crippen molar-refractivity contribution >= 4 is 15.9 Å². The molecule has 0 spiro atoms. The maximum absolute atomic E-state index is 8.94. The summed E-state index contributed by atoms with van der Waals surface area (Å²) >= 11 is 3.54. The molecule has 2 rings (SSSR count). The van der Waals surface area contributed by atoms with Crippen LogP contribution in [0.25, 0.3) is 11.3 Å². The smallest absolute Gasteiger partial charge is 0.107 e. The molecular formula is C12H13BrN2O. The van der Waals surface area contributed by atoms with Gasteiger partial charge in [-0.05, 0) is 22.9 Å². The van der Waals surface area contributed by atoms with Crippen LogP contribution in [0.15, 0.2) is 34.8 Å². The van der Waals surface area contributed by atoms with Crippen molar-refractivity contribution in [2.24, 2.45) is 0 Å². The molecule has 0 bridgehead atoms. The van der Waals surface area contributed by atoms with E-state index >= 15 is 0 Å². The molecule has 1 heterocycles. The van der Waals surface area contributed by atoms with Crippen LogP contribution in [0.3, 0.4) is 0 Å². The molecule has 0 radical (unpaired) electrons. The fraction of sp³-hybridized carbons (Fsp3) is 0.250. The number of hydrogen-bond acceptors (Lipinski definition) is 2. The van der Waals surface area contributed by atoms with Gasteiger partial charge < -0.3 is 5.11 Å². The van der Waals surface area contributed by atoms with E-state index in [4.69, 9.17) is 5.11 Å². The lowest BCUT2D eigenvalue weighted by molar-refractivity contribution is 0.268. The van der Waals surface area contributed by atoms with E-state index in [0.29, 0.717) is 6.54 Å². The second-order valence-corrected chi connectivity index (χ2v) is 4.35. The minimum absolute atomic E-state index is 0.100. The molecule has 3 nitrogen and oxygen atoms in total. The first-order valence-corrected chi connectivity index (χ1v) is 5.92. The number of nitrogens with zero attached hydrogens (tertiary/aromatic N) is 2. The number of aliphatic hydroxyl groups excluding tert-OH is 1. The van der Waals surface area contributed by atoms with Crippen molar-refractivity contribution in [3.05, 3.63) is 40.5 Å². The Morgan fingerprint density at radius 3 is 2.62 bits per heavy atom. The van der Waals surface area contributed by atoms with E-state index in [1.165, 1.54) is 0 Å². The van der Waals surface area contributed by atoms with Crippen LogP contribution < -0.4 is 0 Å². The molecule has 0 atom stereocenters. The van der Waals surface area contributed by atoms with Crippen LogP contribution in [-0.2, 0) is 6.54 Å². The first-order chi connectivity index (χ1) is 7.74. The molecule has 0 amide bonds. The molecule has 2 aromatic rings. The average molecular weight is 281 g/mol. The number of halogens is 1. The summed E-state index contributed by atoms with van der Waals surface area (Å²) in [5, 5.41) is 13.4. The van der Waals surface area contributed by atoms with Gasteiger partial charge in [0, 0.05) is 5.56 Å². The van der Waals surface area contributed by atoms with Gasteiger partial charge >= 0.3 is 0 Å². The summed E-state index contributed by atoms with van der Waals surface area (Å²) in [5.41, 5.74) is 3.04. The fourth-order valence-electron chi connectivity index (χ4n) is 1.62. The Labute approximate surface area is 103 Å². The highest BCUT2D eigenvalue weighted by molar-refractivity contribution is 9.10. The molecule has 0 unspecified atom stereocenters.